The highest BCUT2D eigenvalue weighted by molar-refractivity contribution is 5.74. The number of esters is 3. The van der Waals surface area contributed by atoms with Gasteiger partial charge in [0.2, 0.25) is 0 Å². The molecule has 0 aromatic rings. The number of ether oxygens (including phenoxy) is 5. The predicted octanol–water partition coefficient (Wildman–Crippen LogP) is 14.1. The van der Waals surface area contributed by atoms with Crippen molar-refractivity contribution in [3.05, 3.63) is 12.2 Å². The lowest BCUT2D eigenvalue weighted by atomic mass is 9.98. The molecule has 0 aliphatic carbocycles. The number of aliphatic hydroxyl groups is 2. The summed E-state index contributed by atoms with van der Waals surface area (Å²) in [5.41, 5.74) is 0. The Kier molecular flexibility index (Phi) is 43.5. The molecular formula is C57H104O12. The number of rotatable bonds is 49. The van der Waals surface area contributed by atoms with Gasteiger partial charge in [0.15, 0.2) is 24.6 Å². The van der Waals surface area contributed by atoms with Gasteiger partial charge in [0.05, 0.1) is 6.61 Å². The molecule has 1 heterocycles. The Morgan fingerprint density at radius 1 is 0.464 bits per heavy atom. The van der Waals surface area contributed by atoms with Gasteiger partial charge >= 0.3 is 23.9 Å². The first-order valence-corrected chi connectivity index (χ1v) is 28.7. The molecular weight excluding hydrogens is 877 g/mol. The zero-order valence-corrected chi connectivity index (χ0v) is 44.3. The number of unbranched alkanes of at least 4 members (excludes halogenated alkanes) is 33. The Morgan fingerprint density at radius 2 is 0.826 bits per heavy atom. The molecule has 6 unspecified atom stereocenters. The second-order valence-electron chi connectivity index (χ2n) is 19.9. The molecule has 3 N–H and O–H groups in total. The summed E-state index contributed by atoms with van der Waals surface area (Å²) < 4.78 is 28.3. The van der Waals surface area contributed by atoms with Gasteiger partial charge in [0.1, 0.15) is 18.8 Å². The largest absolute Gasteiger partial charge is 0.479 e. The summed E-state index contributed by atoms with van der Waals surface area (Å²) in [7, 11) is 0. The number of aliphatic carboxylic acids is 1. The predicted molar refractivity (Wildman–Crippen MR) is 276 cm³/mol. The summed E-state index contributed by atoms with van der Waals surface area (Å²) in [5.74, 6) is -3.09. The summed E-state index contributed by atoms with van der Waals surface area (Å²) in [5, 5.41) is 31.4. The molecule has 6 atom stereocenters. The van der Waals surface area contributed by atoms with E-state index in [1.54, 1.807) is 0 Å². The quantitative estimate of drug-likeness (QED) is 0.0228. The Balaban J connectivity index is 2.65. The lowest BCUT2D eigenvalue weighted by Gasteiger charge is -2.40. The van der Waals surface area contributed by atoms with Gasteiger partial charge in [-0.3, -0.25) is 14.4 Å². The van der Waals surface area contributed by atoms with Gasteiger partial charge < -0.3 is 39.0 Å². The lowest BCUT2D eigenvalue weighted by molar-refractivity contribution is -0.301. The van der Waals surface area contributed by atoms with Gasteiger partial charge in [0.25, 0.3) is 0 Å². The third-order valence-electron chi connectivity index (χ3n) is 13.3. The van der Waals surface area contributed by atoms with Crippen molar-refractivity contribution < 1.29 is 58.2 Å². The minimum Gasteiger partial charge on any atom is -0.479 e. The summed E-state index contributed by atoms with van der Waals surface area (Å²) in [6.45, 7) is 5.98. The third kappa shape index (κ3) is 37.0. The normalized spacial score (nSPS) is 18.7. The van der Waals surface area contributed by atoms with E-state index in [0.717, 1.165) is 70.6 Å². The van der Waals surface area contributed by atoms with Crippen molar-refractivity contribution in [3.8, 4) is 0 Å². The number of carbonyl (C=O) groups excluding carboxylic acids is 3. The standard InChI is InChI=1S/C57H104O12/c1-4-7-10-13-16-19-21-23-24-25-26-28-30-33-36-39-42-45-51(60)68-55-53(62)52(61)54(56(63)64)69-57(55)66-47-48(67-50(59)44-41-38-35-31-18-15-12-9-6-3)46-65-49(58)43-40-37-34-32-29-27-22-20-17-14-11-8-5-2/h23-24,48,52-55,57,61-62H,4-22,25-47H2,1-3H3,(H,63,64)/b24-23-. The highest BCUT2D eigenvalue weighted by atomic mass is 16.7. The number of carbonyl (C=O) groups is 4. The van der Waals surface area contributed by atoms with Crippen LogP contribution in [-0.4, -0.2) is 89.2 Å². The summed E-state index contributed by atoms with van der Waals surface area (Å²) >= 11 is 0. The first-order chi connectivity index (χ1) is 33.6. The molecule has 0 radical (unpaired) electrons. The van der Waals surface area contributed by atoms with Gasteiger partial charge in [-0.15, -0.1) is 0 Å². The van der Waals surface area contributed by atoms with Crippen molar-refractivity contribution in [2.45, 2.75) is 314 Å². The minimum atomic E-state index is -1.90. The van der Waals surface area contributed by atoms with Crippen LogP contribution in [0.3, 0.4) is 0 Å². The smallest absolute Gasteiger partial charge is 0.335 e. The van der Waals surface area contributed by atoms with E-state index in [2.05, 4.69) is 32.9 Å². The summed E-state index contributed by atoms with van der Waals surface area (Å²) in [6.07, 6.45) is 37.7. The lowest BCUT2D eigenvalue weighted by Crippen LogP contribution is -2.61. The minimum absolute atomic E-state index is 0.0616. The van der Waals surface area contributed by atoms with Crippen LogP contribution >= 0.6 is 0 Å². The molecule has 1 saturated heterocycles. The van der Waals surface area contributed by atoms with Gasteiger partial charge in [-0.2, -0.15) is 0 Å². The van der Waals surface area contributed by atoms with E-state index >= 15 is 0 Å². The van der Waals surface area contributed by atoms with Crippen molar-refractivity contribution in [2.75, 3.05) is 13.2 Å². The second-order valence-corrected chi connectivity index (χ2v) is 19.9. The molecule has 0 saturated carbocycles. The van der Waals surface area contributed by atoms with E-state index in [1.807, 2.05) is 0 Å². The number of allylic oxidation sites excluding steroid dienone is 2. The van der Waals surface area contributed by atoms with Crippen molar-refractivity contribution in [1.82, 2.24) is 0 Å². The van der Waals surface area contributed by atoms with E-state index in [4.69, 9.17) is 23.7 Å². The summed E-state index contributed by atoms with van der Waals surface area (Å²) in [6, 6.07) is 0. The van der Waals surface area contributed by atoms with Gasteiger partial charge in [0, 0.05) is 19.3 Å². The topological polar surface area (TPSA) is 175 Å². The number of aliphatic hydroxyl groups excluding tert-OH is 2. The summed E-state index contributed by atoms with van der Waals surface area (Å²) in [4.78, 5) is 50.9. The van der Waals surface area contributed by atoms with Crippen LogP contribution in [0.25, 0.3) is 0 Å². The van der Waals surface area contributed by atoms with Crippen LogP contribution in [-0.2, 0) is 42.9 Å². The van der Waals surface area contributed by atoms with Gasteiger partial charge in [-0.05, 0) is 44.9 Å². The van der Waals surface area contributed by atoms with Crippen LogP contribution in [0.5, 0.6) is 0 Å². The number of hydrogen-bond acceptors (Lipinski definition) is 11. The van der Waals surface area contributed by atoms with E-state index in [0.29, 0.717) is 19.3 Å². The van der Waals surface area contributed by atoms with Crippen LogP contribution in [0.4, 0.5) is 0 Å². The van der Waals surface area contributed by atoms with Crippen molar-refractivity contribution >= 4 is 23.9 Å². The maximum absolute atomic E-state index is 13.0. The Labute approximate surface area is 420 Å². The van der Waals surface area contributed by atoms with E-state index in [9.17, 15) is 34.5 Å². The molecule has 1 fully saturated rings. The number of carboxylic acid groups (broad SMARTS) is 1. The number of carboxylic acids is 1. The highest BCUT2D eigenvalue weighted by Crippen LogP contribution is 2.26. The molecule has 404 valence electrons. The SMILES string of the molecule is CCCCCCCC/C=C\CCCCCCCCCC(=O)OC1C(OCC(COC(=O)CCCCCCCCCCCCCCC)OC(=O)CCCCCCCCCCC)OC(C(=O)O)C(O)C1O. The molecule has 1 aliphatic heterocycles. The molecule has 12 nitrogen and oxygen atoms in total. The monoisotopic (exact) mass is 981 g/mol. The molecule has 69 heavy (non-hydrogen) atoms. The molecule has 0 bridgehead atoms. The zero-order valence-electron chi connectivity index (χ0n) is 44.3. The Morgan fingerprint density at radius 3 is 1.23 bits per heavy atom. The van der Waals surface area contributed by atoms with Crippen LogP contribution in [0.1, 0.15) is 278 Å². The van der Waals surface area contributed by atoms with Crippen LogP contribution in [0, 0.1) is 0 Å². The zero-order chi connectivity index (χ0) is 50.4. The fraction of sp³-hybridized carbons (Fsp3) is 0.895. The Hall–Kier alpha value is -2.54. The van der Waals surface area contributed by atoms with Crippen molar-refractivity contribution in [2.24, 2.45) is 0 Å². The van der Waals surface area contributed by atoms with E-state index in [1.165, 1.54) is 148 Å². The average molecular weight is 981 g/mol. The van der Waals surface area contributed by atoms with E-state index < -0.39 is 67.3 Å². The van der Waals surface area contributed by atoms with Crippen molar-refractivity contribution in [3.63, 3.8) is 0 Å². The molecule has 12 heteroatoms. The van der Waals surface area contributed by atoms with Gasteiger partial charge in [-0.1, -0.05) is 226 Å². The molecule has 0 spiro atoms. The fourth-order valence-corrected chi connectivity index (χ4v) is 8.89. The molecule has 1 aliphatic rings. The van der Waals surface area contributed by atoms with Crippen molar-refractivity contribution in [1.29, 1.82) is 0 Å². The molecule has 1 rings (SSSR count). The third-order valence-corrected chi connectivity index (χ3v) is 13.3. The van der Waals surface area contributed by atoms with Crippen LogP contribution in [0.2, 0.25) is 0 Å². The first-order valence-electron chi connectivity index (χ1n) is 28.7. The maximum Gasteiger partial charge on any atom is 0.335 e. The fourth-order valence-electron chi connectivity index (χ4n) is 8.89. The number of hydrogen-bond donors (Lipinski definition) is 3. The van der Waals surface area contributed by atoms with Crippen LogP contribution in [0.15, 0.2) is 12.2 Å². The van der Waals surface area contributed by atoms with Gasteiger partial charge in [-0.25, -0.2) is 4.79 Å². The Bertz CT molecular complexity index is 1260. The maximum atomic E-state index is 13.0. The molecule has 0 aromatic carbocycles. The molecule has 0 aromatic heterocycles. The molecule has 0 amide bonds. The average Bonchev–Trinajstić information content (AvgIpc) is 3.33. The second kappa shape index (κ2) is 46.5. The van der Waals surface area contributed by atoms with E-state index in [-0.39, 0.29) is 25.9 Å². The first kappa shape index (κ1) is 64.5. The van der Waals surface area contributed by atoms with Crippen LogP contribution < -0.4 is 0 Å². The highest BCUT2D eigenvalue weighted by Gasteiger charge is 2.50.